The zero-order valence-electron chi connectivity index (χ0n) is 53.1. The number of carbonyl (C=O) groups is 12. The van der Waals surface area contributed by atoms with Crippen LogP contribution < -0.4 is 64.2 Å². The van der Waals surface area contributed by atoms with Gasteiger partial charge in [0.2, 0.25) is 70.9 Å². The van der Waals surface area contributed by atoms with Gasteiger partial charge in [0.1, 0.15) is 60.4 Å². The van der Waals surface area contributed by atoms with Crippen LogP contribution in [0.3, 0.4) is 0 Å². The minimum Gasteiger partial charge on any atom is -0.391 e. The first-order chi connectivity index (χ1) is 44.3. The minimum atomic E-state index is -1.72. The molecule has 0 unspecified atom stereocenters. The summed E-state index contributed by atoms with van der Waals surface area (Å²) in [5.74, 6) is -8.87. The normalized spacial score (nSPS) is 17.5. The van der Waals surface area contributed by atoms with Crippen molar-refractivity contribution >= 4 is 88.6 Å². The predicted molar refractivity (Wildman–Crippen MR) is 341 cm³/mol. The fraction of sp³-hybridized carbons (Fsp3) is 0.541. The van der Waals surface area contributed by atoms with Gasteiger partial charge < -0.3 is 89.2 Å². The highest BCUT2D eigenvalue weighted by Gasteiger charge is 2.42. The van der Waals surface area contributed by atoms with Crippen LogP contribution in [0.25, 0.3) is 0 Å². The van der Waals surface area contributed by atoms with E-state index in [0.29, 0.717) is 35.4 Å². The number of carbonyl (C=O) groups excluding carboxylic acids is 12. The number of nitrogens with one attached hydrogen (secondary N) is 13. The average molecular weight is 1320 g/mol. The van der Waals surface area contributed by atoms with Crippen molar-refractivity contribution in [2.45, 2.75) is 165 Å². The van der Waals surface area contributed by atoms with Gasteiger partial charge in [0.25, 0.3) is 0 Å². The molecule has 0 radical (unpaired) electrons. The Balaban J connectivity index is 1.27. The van der Waals surface area contributed by atoms with Crippen molar-refractivity contribution < 1.29 is 67.7 Å². The number of rotatable bonds is 35. The zero-order valence-corrected chi connectivity index (χ0v) is 53.9. The van der Waals surface area contributed by atoms with E-state index in [4.69, 9.17) is 11.1 Å². The highest BCUT2D eigenvalue weighted by Crippen LogP contribution is 2.22. The Bertz CT molecular complexity index is 3050. The van der Waals surface area contributed by atoms with Crippen LogP contribution in [0.4, 0.5) is 0 Å². The number of amides is 12. The molecule has 12 atom stereocenters. The molecular weight excluding hydrogens is 1230 g/mol. The maximum atomic E-state index is 14.7. The summed E-state index contributed by atoms with van der Waals surface area (Å²) in [4.78, 5) is 174. The number of nitrogens with zero attached hydrogens (tertiary/aromatic N) is 3. The van der Waals surface area contributed by atoms with Crippen LogP contribution in [0.15, 0.2) is 73.2 Å². The number of imidazole rings is 1. The molecular formula is C61H89N17O14S. The van der Waals surface area contributed by atoms with E-state index in [1.807, 2.05) is 0 Å². The van der Waals surface area contributed by atoms with Crippen LogP contribution in [0.5, 0.6) is 0 Å². The van der Waals surface area contributed by atoms with Gasteiger partial charge in [0, 0.05) is 64.8 Å². The molecule has 12 amide bonds. The molecule has 1 aromatic heterocycles. The largest absolute Gasteiger partial charge is 0.391 e. The lowest BCUT2D eigenvalue weighted by Crippen LogP contribution is -2.61. The molecule has 31 nitrogen and oxygen atoms in total. The molecule has 0 aliphatic carbocycles. The summed E-state index contributed by atoms with van der Waals surface area (Å²) in [5, 5.41) is 57.1. The third-order valence-electron chi connectivity index (χ3n) is 15.6. The third-order valence-corrected chi connectivity index (χ3v) is 16.2. The first-order valence-electron chi connectivity index (χ1n) is 30.8. The number of benzene rings is 2. The summed E-state index contributed by atoms with van der Waals surface area (Å²) in [6, 6.07) is 4.40. The van der Waals surface area contributed by atoms with Gasteiger partial charge in [-0.2, -0.15) is 11.8 Å². The second kappa shape index (κ2) is 37.4. The van der Waals surface area contributed by atoms with Gasteiger partial charge in [-0.05, 0) is 88.9 Å². The van der Waals surface area contributed by atoms with E-state index in [-0.39, 0.29) is 77.0 Å². The SMILES string of the molecule is CNC(=O)[C@H](Cc1cnc[nH]1)NC(=O)[C@@H]1CCCN1C(=O)[C@H](Cc1ccccc1)NC(=O)[C@H](CCCNC(=N)N)NC(=O)[C@@H]1CCCN1C(=O)[C@H](C)NC(=O)[C@@H](NC(=O)[C@H](Cc1ccccc1)NC(=O)CNC(=O)[C@H](CCSC)NC(=O)[C@@H](NC(C)=O)[C@@H](C)O)[C@@H](C)O. The number of H-pyrrole nitrogens is 1. The molecule has 508 valence electrons. The lowest BCUT2D eigenvalue weighted by molar-refractivity contribution is -0.143. The number of aliphatic hydroxyl groups excluding tert-OH is 2. The van der Waals surface area contributed by atoms with Gasteiger partial charge in [0.05, 0.1) is 25.1 Å². The van der Waals surface area contributed by atoms with Crippen molar-refractivity contribution in [3.63, 3.8) is 0 Å². The molecule has 5 rings (SSSR count). The van der Waals surface area contributed by atoms with Gasteiger partial charge in [-0.15, -0.1) is 0 Å². The highest BCUT2D eigenvalue weighted by atomic mass is 32.2. The van der Waals surface area contributed by atoms with Crippen molar-refractivity contribution in [1.29, 1.82) is 5.41 Å². The molecule has 2 fully saturated rings. The molecule has 0 bridgehead atoms. The summed E-state index contributed by atoms with van der Waals surface area (Å²) in [6.45, 7) is 4.63. The Morgan fingerprint density at radius 3 is 1.68 bits per heavy atom. The smallest absolute Gasteiger partial charge is 0.246 e. The standard InChI is InChI=1S/C61H89N17O14S/c1-34(69-57(89)50(36(3)80)76-54(86)43(28-38-16-9-7-10-17-38)71-48(82)32-67-52(84)42(23-27-93-6)73-58(90)49(35(2)79)70-37(4)81)59(91)77-25-14-21-46(77)55(87)72-41(20-13-24-66-61(62)63)53(85)75-45(29-39-18-11-8-12-19-39)60(92)78-26-15-22-47(78)56(88)74-44(51(83)64-5)30-40-31-65-33-68-40/h7-12,16-19,31,33-36,41-47,49-50,79-80H,13-15,20-30,32H2,1-6H3,(H,64,83)(H,65,68)(H,67,84)(H,69,89)(H,70,81)(H,71,82)(H,72,87)(H,73,90)(H,74,88)(H,75,85)(H,76,86)(H4,62,63,66)/t34-,35+,36+,41-,42-,43-,44-,45-,46-,47-,49-,50-/m0/s1. The number of thioether (sulfide) groups is 1. The Kier molecular flexibility index (Phi) is 30.0. The van der Waals surface area contributed by atoms with Gasteiger partial charge in [-0.1, -0.05) is 60.7 Å². The summed E-state index contributed by atoms with van der Waals surface area (Å²) in [7, 11) is 1.43. The second-order valence-electron chi connectivity index (χ2n) is 22.9. The molecule has 3 aromatic rings. The van der Waals surface area contributed by atoms with E-state index in [1.165, 1.54) is 61.9 Å². The predicted octanol–water partition coefficient (Wildman–Crippen LogP) is -4.02. The van der Waals surface area contributed by atoms with Crippen LogP contribution in [0.2, 0.25) is 0 Å². The number of nitrogens with two attached hydrogens (primary N) is 1. The molecule has 2 aliphatic rings. The molecule has 2 aliphatic heterocycles. The van der Waals surface area contributed by atoms with Crippen LogP contribution in [-0.4, -0.2) is 225 Å². The van der Waals surface area contributed by atoms with Crippen molar-refractivity contribution in [1.82, 2.24) is 78.3 Å². The maximum Gasteiger partial charge on any atom is 0.246 e. The molecule has 17 N–H and O–H groups in total. The van der Waals surface area contributed by atoms with Crippen LogP contribution in [0.1, 0.15) is 89.5 Å². The second-order valence-corrected chi connectivity index (χ2v) is 23.9. The van der Waals surface area contributed by atoms with Gasteiger partial charge >= 0.3 is 0 Å². The van der Waals surface area contributed by atoms with E-state index in [9.17, 15) is 67.7 Å². The van der Waals surface area contributed by atoms with Gasteiger partial charge in [-0.25, -0.2) is 4.98 Å². The van der Waals surface area contributed by atoms with E-state index in [0.717, 1.165) is 6.92 Å². The first kappa shape index (κ1) is 74.6. The molecule has 2 saturated heterocycles. The molecule has 3 heterocycles. The van der Waals surface area contributed by atoms with Gasteiger partial charge in [0.15, 0.2) is 5.96 Å². The number of likely N-dealkylation sites (N-methyl/N-ethyl adjacent to an activating group) is 1. The first-order valence-corrected chi connectivity index (χ1v) is 32.2. The number of hydrogen-bond acceptors (Lipinski definition) is 17. The molecule has 93 heavy (non-hydrogen) atoms. The van der Waals surface area contributed by atoms with Crippen molar-refractivity contribution in [2.24, 2.45) is 5.73 Å². The molecule has 0 saturated carbocycles. The zero-order chi connectivity index (χ0) is 68.3. The molecule has 2 aromatic carbocycles. The van der Waals surface area contributed by atoms with E-state index >= 15 is 0 Å². The Morgan fingerprint density at radius 2 is 1.14 bits per heavy atom. The number of likely N-dealkylation sites (tertiary alicyclic amines) is 2. The van der Waals surface area contributed by atoms with Crippen molar-refractivity contribution in [3.8, 4) is 0 Å². The third kappa shape index (κ3) is 23.5. The topological polar surface area (TPSA) is 463 Å². The number of aliphatic hydroxyl groups is 2. The Labute approximate surface area is 543 Å². The number of hydrogen-bond donors (Lipinski definition) is 16. The summed E-state index contributed by atoms with van der Waals surface area (Å²) < 4.78 is 0. The lowest BCUT2D eigenvalue weighted by atomic mass is 10.0. The number of aromatic amines is 1. The maximum absolute atomic E-state index is 14.7. The Hall–Kier alpha value is -9.17. The van der Waals surface area contributed by atoms with Crippen LogP contribution >= 0.6 is 11.8 Å². The van der Waals surface area contributed by atoms with Crippen LogP contribution in [0, 0.1) is 5.41 Å². The lowest BCUT2D eigenvalue weighted by Gasteiger charge is -2.31. The summed E-state index contributed by atoms with van der Waals surface area (Å²) in [6.07, 6.45) is 3.18. The Morgan fingerprint density at radius 1 is 0.624 bits per heavy atom. The highest BCUT2D eigenvalue weighted by molar-refractivity contribution is 7.98. The van der Waals surface area contributed by atoms with Crippen LogP contribution in [-0.2, 0) is 76.8 Å². The monoisotopic (exact) mass is 1320 g/mol. The minimum absolute atomic E-state index is 0.0223. The quantitative estimate of drug-likeness (QED) is 0.0152. The fourth-order valence-corrected chi connectivity index (χ4v) is 11.2. The van der Waals surface area contributed by atoms with E-state index < -0.39 is 150 Å². The average Bonchev–Trinajstić information content (AvgIpc) is 1.79. The molecule has 0 spiro atoms. The van der Waals surface area contributed by atoms with Gasteiger partial charge in [-0.3, -0.25) is 62.9 Å². The van der Waals surface area contributed by atoms with E-state index in [1.54, 1.807) is 66.9 Å². The summed E-state index contributed by atoms with van der Waals surface area (Å²) >= 11 is 1.37. The molecule has 32 heteroatoms. The van der Waals surface area contributed by atoms with Crippen molar-refractivity contribution in [3.05, 3.63) is 90.0 Å². The van der Waals surface area contributed by atoms with E-state index in [2.05, 4.69) is 68.5 Å². The number of aromatic nitrogens is 2. The fourth-order valence-electron chi connectivity index (χ4n) is 10.7. The summed E-state index contributed by atoms with van der Waals surface area (Å²) in [5.41, 5.74) is 7.35. The number of guanidine groups is 1. The van der Waals surface area contributed by atoms with Crippen molar-refractivity contribution in [2.75, 3.05) is 45.2 Å².